The smallest absolute Gasteiger partial charge is 0.323 e. The molecule has 0 aromatic heterocycles. The Hall–Kier alpha value is -1.68. The molecule has 3 N–H and O–H groups in total. The number of aromatic hydroxyl groups is 1. The summed E-state index contributed by atoms with van der Waals surface area (Å²) < 4.78 is -0.939. The number of rotatable bonds is 2. The first kappa shape index (κ1) is 17.4. The molecule has 0 aliphatic carbocycles. The summed E-state index contributed by atoms with van der Waals surface area (Å²) >= 11 is 1.86. The van der Waals surface area contributed by atoms with E-state index in [0.29, 0.717) is 5.56 Å². The molecule has 1 heterocycles. The highest BCUT2D eigenvalue weighted by Crippen LogP contribution is 2.32. The second-order valence-corrected chi connectivity index (χ2v) is 6.61. The van der Waals surface area contributed by atoms with E-state index in [1.165, 1.54) is 12.1 Å². The lowest BCUT2D eigenvalue weighted by Gasteiger charge is -2.17. The summed E-state index contributed by atoms with van der Waals surface area (Å²) in [5, 5.41) is 26.5. The van der Waals surface area contributed by atoms with Gasteiger partial charge in [0.2, 0.25) is 0 Å². The Morgan fingerprint density at radius 2 is 1.62 bits per heavy atom. The monoisotopic (exact) mass is 407 g/mol. The van der Waals surface area contributed by atoms with E-state index >= 15 is 0 Å². The molecule has 1 unspecified atom stereocenters. The molecule has 0 bridgehead atoms. The maximum atomic E-state index is 10.8. The summed E-state index contributed by atoms with van der Waals surface area (Å²) in [6.07, 6.45) is 0.296. The van der Waals surface area contributed by atoms with Gasteiger partial charge in [0.15, 0.2) is 0 Å². The van der Waals surface area contributed by atoms with Crippen molar-refractivity contribution < 1.29 is 29.8 Å². The highest BCUT2D eigenvalue weighted by Gasteiger charge is 2.31. The van der Waals surface area contributed by atoms with Crippen molar-refractivity contribution in [1.29, 1.82) is 0 Å². The summed E-state index contributed by atoms with van der Waals surface area (Å²) in [6.45, 7) is 1.61. The van der Waals surface area contributed by atoms with E-state index in [0.717, 1.165) is 0 Å². The minimum atomic E-state index is -0.939. The van der Waals surface area contributed by atoms with Crippen molar-refractivity contribution in [3.63, 3.8) is 0 Å². The first-order valence-corrected chi connectivity index (χ1v) is 7.00. The van der Waals surface area contributed by atoms with Crippen LogP contribution in [0.1, 0.15) is 25.3 Å². The van der Waals surface area contributed by atoms with Crippen molar-refractivity contribution in [3.8, 4) is 5.75 Å². The molecule has 1 saturated heterocycles. The molecule has 1 aliphatic rings. The number of hydrogen-bond donors (Lipinski definition) is 3. The quantitative estimate of drug-likeness (QED) is 0.297. The normalized spacial score (nSPS) is 17.0. The third kappa shape index (κ3) is 4.39. The fraction of sp³-hybridized carbons (Fsp3) is 0.308. The van der Waals surface area contributed by atoms with E-state index in [1.54, 1.807) is 19.1 Å². The average Bonchev–Trinajstić information content (AvgIpc) is 2.71. The van der Waals surface area contributed by atoms with Crippen LogP contribution in [0.5, 0.6) is 5.75 Å². The minimum absolute atomic E-state index is 0.140. The number of phenolic OH excluding ortho intramolecular Hbond substituents is 1. The van der Waals surface area contributed by atoms with Crippen LogP contribution < -0.4 is 0 Å². The van der Waals surface area contributed by atoms with Crippen LogP contribution in [0.15, 0.2) is 24.3 Å². The molecule has 2 rings (SSSR count). The third-order valence-corrected chi connectivity index (χ3v) is 3.92. The zero-order valence-corrected chi connectivity index (χ0v) is 13.3. The van der Waals surface area contributed by atoms with Gasteiger partial charge in [-0.05, 0) is 24.6 Å². The van der Waals surface area contributed by atoms with Crippen molar-refractivity contribution >= 4 is 40.4 Å². The van der Waals surface area contributed by atoms with Gasteiger partial charge in [-0.15, -0.1) is 0 Å². The molecule has 1 aromatic rings. The standard InChI is InChI=1S/C9H9IO3.C4H5NO3/c1-9(10,8(12)13)6-2-4-7(11)5-3-6;6-3-1-2-4(7)5(3)8/h2-5,11H,1H3,(H,12,13);8H,1-2H2. The van der Waals surface area contributed by atoms with Gasteiger partial charge in [-0.1, -0.05) is 34.7 Å². The number of alkyl halides is 1. The van der Waals surface area contributed by atoms with E-state index in [4.69, 9.17) is 15.4 Å². The zero-order chi connectivity index (χ0) is 16.2. The number of hydrogen-bond acceptors (Lipinski definition) is 5. The summed E-state index contributed by atoms with van der Waals surface area (Å²) in [7, 11) is 0. The first-order chi connectivity index (χ1) is 9.66. The van der Waals surface area contributed by atoms with E-state index in [1.807, 2.05) is 22.6 Å². The van der Waals surface area contributed by atoms with Crippen molar-refractivity contribution in [3.05, 3.63) is 29.8 Å². The number of carboxylic acid groups (broad SMARTS) is 1. The van der Waals surface area contributed by atoms with Gasteiger partial charge in [0, 0.05) is 12.8 Å². The van der Waals surface area contributed by atoms with Crippen LogP contribution in [-0.4, -0.2) is 38.3 Å². The van der Waals surface area contributed by atoms with Crippen LogP contribution in [0.4, 0.5) is 0 Å². The summed E-state index contributed by atoms with van der Waals surface area (Å²) in [6, 6.07) is 6.18. The fourth-order valence-electron chi connectivity index (χ4n) is 1.46. The molecule has 8 heteroatoms. The largest absolute Gasteiger partial charge is 0.508 e. The Kier molecular flexibility index (Phi) is 5.67. The highest BCUT2D eigenvalue weighted by molar-refractivity contribution is 14.1. The lowest BCUT2D eigenvalue weighted by molar-refractivity contribution is -0.171. The SMILES string of the molecule is CC(I)(C(=O)O)c1ccc(O)cc1.O=C1CCC(=O)N1O. The predicted molar refractivity (Wildman–Crippen MR) is 80.0 cm³/mol. The molecular formula is C13H14INO6. The minimum Gasteiger partial charge on any atom is -0.508 e. The Labute approximate surface area is 134 Å². The topological polar surface area (TPSA) is 115 Å². The Morgan fingerprint density at radius 1 is 1.19 bits per heavy atom. The second-order valence-electron chi connectivity index (χ2n) is 4.45. The molecule has 1 aliphatic heterocycles. The lowest BCUT2D eigenvalue weighted by atomic mass is 10.0. The Bertz CT molecular complexity index is 538. The maximum absolute atomic E-state index is 10.8. The van der Waals surface area contributed by atoms with E-state index in [9.17, 15) is 14.4 Å². The number of amides is 2. The summed E-state index contributed by atoms with van der Waals surface area (Å²) in [5.74, 6) is -1.76. The number of benzene rings is 1. The Morgan fingerprint density at radius 3 is 1.90 bits per heavy atom. The number of carboxylic acids is 1. The van der Waals surface area contributed by atoms with Crippen LogP contribution in [0, 0.1) is 0 Å². The van der Waals surface area contributed by atoms with Crippen LogP contribution in [0.3, 0.4) is 0 Å². The fourth-order valence-corrected chi connectivity index (χ4v) is 1.82. The number of aliphatic carboxylic acids is 1. The molecule has 1 fully saturated rings. The number of halogens is 1. The number of carbonyl (C=O) groups is 3. The van der Waals surface area contributed by atoms with Crippen LogP contribution in [-0.2, 0) is 17.8 Å². The van der Waals surface area contributed by atoms with Gasteiger partial charge < -0.3 is 10.2 Å². The predicted octanol–water partition coefficient (Wildman–Crippen LogP) is 1.65. The maximum Gasteiger partial charge on any atom is 0.323 e. The number of imide groups is 1. The van der Waals surface area contributed by atoms with Crippen LogP contribution in [0.25, 0.3) is 0 Å². The molecule has 21 heavy (non-hydrogen) atoms. The number of nitrogens with zero attached hydrogens (tertiary/aromatic N) is 1. The van der Waals surface area contributed by atoms with Gasteiger partial charge in [0.05, 0.1) is 0 Å². The molecule has 1 aromatic carbocycles. The number of hydroxylamine groups is 2. The summed E-state index contributed by atoms with van der Waals surface area (Å²) in [4.78, 5) is 31.3. The molecule has 2 amide bonds. The van der Waals surface area contributed by atoms with Gasteiger partial charge in [0.1, 0.15) is 9.17 Å². The highest BCUT2D eigenvalue weighted by atomic mass is 127. The first-order valence-electron chi connectivity index (χ1n) is 5.92. The molecule has 1 atom stereocenters. The summed E-state index contributed by atoms with van der Waals surface area (Å²) in [5.41, 5.74) is 0.665. The van der Waals surface area contributed by atoms with Crippen molar-refractivity contribution in [2.24, 2.45) is 0 Å². The van der Waals surface area contributed by atoms with Gasteiger partial charge in [-0.2, -0.15) is 5.06 Å². The van der Waals surface area contributed by atoms with Crippen LogP contribution >= 0.6 is 22.6 Å². The molecule has 7 nitrogen and oxygen atoms in total. The van der Waals surface area contributed by atoms with E-state index in [-0.39, 0.29) is 23.7 Å². The molecule has 114 valence electrons. The Balaban J connectivity index is 0.000000235. The van der Waals surface area contributed by atoms with Gasteiger partial charge in [-0.3, -0.25) is 19.6 Å². The number of phenols is 1. The molecule has 0 saturated carbocycles. The third-order valence-electron chi connectivity index (χ3n) is 2.84. The van der Waals surface area contributed by atoms with Crippen LogP contribution in [0.2, 0.25) is 0 Å². The van der Waals surface area contributed by atoms with Crippen molar-refractivity contribution in [2.75, 3.05) is 0 Å². The number of carbonyl (C=O) groups excluding carboxylic acids is 2. The molecule has 0 radical (unpaired) electrons. The van der Waals surface area contributed by atoms with Crippen molar-refractivity contribution in [1.82, 2.24) is 5.06 Å². The van der Waals surface area contributed by atoms with Gasteiger partial charge in [-0.25, -0.2) is 0 Å². The molecular weight excluding hydrogens is 393 g/mol. The molecule has 0 spiro atoms. The average molecular weight is 407 g/mol. The van der Waals surface area contributed by atoms with E-state index in [2.05, 4.69) is 0 Å². The lowest BCUT2D eigenvalue weighted by Crippen LogP contribution is -2.24. The second kappa shape index (κ2) is 6.85. The van der Waals surface area contributed by atoms with Gasteiger partial charge >= 0.3 is 5.97 Å². The zero-order valence-electron chi connectivity index (χ0n) is 11.1. The van der Waals surface area contributed by atoms with Gasteiger partial charge in [0.25, 0.3) is 11.8 Å². The van der Waals surface area contributed by atoms with E-state index < -0.39 is 21.2 Å². The van der Waals surface area contributed by atoms with Crippen molar-refractivity contribution in [2.45, 2.75) is 23.2 Å².